The van der Waals surface area contributed by atoms with Gasteiger partial charge in [0.2, 0.25) is 17.7 Å². The van der Waals surface area contributed by atoms with Gasteiger partial charge in [-0.25, -0.2) is 0 Å². The van der Waals surface area contributed by atoms with Crippen molar-refractivity contribution in [3.8, 4) is 0 Å². The summed E-state index contributed by atoms with van der Waals surface area (Å²) in [7, 11) is 0. The van der Waals surface area contributed by atoms with E-state index in [1.807, 2.05) is 18.4 Å². The van der Waals surface area contributed by atoms with Crippen molar-refractivity contribution in [1.82, 2.24) is 4.90 Å². The van der Waals surface area contributed by atoms with Gasteiger partial charge < -0.3 is 4.90 Å². The van der Waals surface area contributed by atoms with Crippen LogP contribution in [0.5, 0.6) is 0 Å². The number of thioether (sulfide) groups is 1. The lowest BCUT2D eigenvalue weighted by Gasteiger charge is -2.35. The maximum Gasteiger partial charge on any atom is 0.250 e. The van der Waals surface area contributed by atoms with Gasteiger partial charge in [0.15, 0.2) is 0 Å². The molecule has 2 fully saturated rings. The van der Waals surface area contributed by atoms with Crippen molar-refractivity contribution in [2.45, 2.75) is 51.0 Å². The topological polar surface area (TPSA) is 57.7 Å². The zero-order valence-corrected chi connectivity index (χ0v) is 19.1. The monoisotopic (exact) mass is 478 g/mol. The van der Waals surface area contributed by atoms with Crippen molar-refractivity contribution >= 4 is 51.1 Å². The van der Waals surface area contributed by atoms with Crippen molar-refractivity contribution in [3.63, 3.8) is 0 Å². The highest BCUT2D eigenvalue weighted by Gasteiger charge is 2.52. The summed E-state index contributed by atoms with van der Waals surface area (Å²) in [5.74, 6) is -0.0398. The maximum atomic E-state index is 13.7. The predicted octanol–water partition coefficient (Wildman–Crippen LogP) is 4.03. The number of hydrogen-bond acceptors (Lipinski definition) is 4. The molecule has 7 heteroatoms. The number of fused-ring (bicyclic) bond motifs is 2. The molecule has 1 saturated heterocycles. The zero-order valence-electron chi connectivity index (χ0n) is 16.7. The molecule has 4 rings (SSSR count). The Morgan fingerprint density at radius 3 is 2.52 bits per heavy atom. The number of carbonyl (C=O) groups is 3. The van der Waals surface area contributed by atoms with E-state index in [9.17, 15) is 14.4 Å². The first kappa shape index (κ1) is 20.9. The molecule has 3 unspecified atom stereocenters. The quantitative estimate of drug-likeness (QED) is 0.599. The third-order valence-electron chi connectivity index (χ3n) is 6.49. The molecule has 0 aromatic heterocycles. The van der Waals surface area contributed by atoms with E-state index in [0.29, 0.717) is 13.0 Å². The van der Waals surface area contributed by atoms with Gasteiger partial charge >= 0.3 is 0 Å². The van der Waals surface area contributed by atoms with Gasteiger partial charge in [0.05, 0.1) is 11.8 Å². The molecule has 3 amide bonds. The molecule has 1 aromatic rings. The van der Waals surface area contributed by atoms with Crippen LogP contribution in [0.4, 0.5) is 5.69 Å². The Morgan fingerprint density at radius 1 is 1.17 bits per heavy atom. The number of halogens is 1. The van der Waals surface area contributed by atoms with Crippen LogP contribution in [0.1, 0.15) is 44.1 Å². The number of benzene rings is 1. The Kier molecular flexibility index (Phi) is 6.35. The van der Waals surface area contributed by atoms with E-state index < -0.39 is 6.04 Å². The summed E-state index contributed by atoms with van der Waals surface area (Å²) in [6.45, 7) is 0.631. The van der Waals surface area contributed by atoms with Crippen LogP contribution >= 0.6 is 27.7 Å². The van der Waals surface area contributed by atoms with Crippen molar-refractivity contribution < 1.29 is 14.4 Å². The SMILES string of the molecule is CSCCC(C(=O)N1CCCc2cc(Br)ccc21)N1C(=O)C2CCCCC2C1=O. The van der Waals surface area contributed by atoms with Crippen LogP contribution in [0.15, 0.2) is 22.7 Å². The number of amides is 3. The normalized spacial score (nSPS) is 25.0. The molecule has 156 valence electrons. The molecule has 1 saturated carbocycles. The average Bonchev–Trinajstić information content (AvgIpc) is 2.98. The highest BCUT2D eigenvalue weighted by molar-refractivity contribution is 9.10. The molecule has 3 aliphatic rings. The van der Waals surface area contributed by atoms with E-state index in [-0.39, 0.29) is 29.6 Å². The molecule has 0 N–H and O–H groups in total. The molecule has 5 nitrogen and oxygen atoms in total. The molecule has 1 aliphatic carbocycles. The second-order valence-electron chi connectivity index (χ2n) is 8.21. The second-order valence-corrected chi connectivity index (χ2v) is 10.1. The fourth-order valence-electron chi connectivity index (χ4n) is 5.06. The van der Waals surface area contributed by atoms with Gasteiger partial charge in [0.1, 0.15) is 6.04 Å². The van der Waals surface area contributed by atoms with Crippen LogP contribution in [0, 0.1) is 11.8 Å². The molecule has 2 heterocycles. The second kappa shape index (κ2) is 8.80. The minimum atomic E-state index is -0.692. The molecule has 3 atom stereocenters. The van der Waals surface area contributed by atoms with Gasteiger partial charge in [-0.3, -0.25) is 19.3 Å². The van der Waals surface area contributed by atoms with E-state index in [4.69, 9.17) is 0 Å². The first-order chi connectivity index (χ1) is 14.0. The fourth-order valence-corrected chi connectivity index (χ4v) is 5.93. The van der Waals surface area contributed by atoms with Gasteiger partial charge in [0, 0.05) is 16.7 Å². The zero-order chi connectivity index (χ0) is 20.5. The molecule has 0 radical (unpaired) electrons. The maximum absolute atomic E-state index is 13.7. The lowest BCUT2D eigenvalue weighted by atomic mass is 9.81. The van der Waals surface area contributed by atoms with E-state index in [1.165, 1.54) is 4.90 Å². The van der Waals surface area contributed by atoms with E-state index >= 15 is 0 Å². The predicted molar refractivity (Wildman–Crippen MR) is 119 cm³/mol. The number of rotatable bonds is 5. The Bertz CT molecular complexity index is 806. The summed E-state index contributed by atoms with van der Waals surface area (Å²) in [6.07, 6.45) is 7.85. The number of anilines is 1. The molecule has 0 bridgehead atoms. The van der Waals surface area contributed by atoms with Gasteiger partial charge in [-0.2, -0.15) is 11.8 Å². The summed E-state index contributed by atoms with van der Waals surface area (Å²) >= 11 is 5.15. The summed E-state index contributed by atoms with van der Waals surface area (Å²) in [4.78, 5) is 43.2. The Balaban J connectivity index is 1.65. The fraction of sp³-hybridized carbons (Fsp3) is 0.591. The van der Waals surface area contributed by atoms with Crippen LogP contribution < -0.4 is 4.90 Å². The van der Waals surface area contributed by atoms with E-state index in [1.54, 1.807) is 16.7 Å². The largest absolute Gasteiger partial charge is 0.310 e. The van der Waals surface area contributed by atoms with Crippen molar-refractivity contribution in [2.24, 2.45) is 11.8 Å². The standard InChI is InChI=1S/C22H27BrN2O3S/c1-29-12-10-19(25-20(26)16-6-2-3-7-17(16)21(25)27)22(28)24-11-4-5-14-13-15(23)8-9-18(14)24/h8-9,13,16-17,19H,2-7,10-12H2,1H3. The first-order valence-corrected chi connectivity index (χ1v) is 12.7. The van der Waals surface area contributed by atoms with Gasteiger partial charge in [-0.1, -0.05) is 28.8 Å². The van der Waals surface area contributed by atoms with Crippen molar-refractivity contribution in [3.05, 3.63) is 28.2 Å². The van der Waals surface area contributed by atoms with Gasteiger partial charge in [-0.05, 0) is 67.9 Å². The molecular weight excluding hydrogens is 452 g/mol. The number of hydrogen-bond donors (Lipinski definition) is 0. The van der Waals surface area contributed by atoms with Crippen LogP contribution in [-0.2, 0) is 20.8 Å². The Morgan fingerprint density at radius 2 is 1.86 bits per heavy atom. The lowest BCUT2D eigenvalue weighted by molar-refractivity contribution is -0.147. The molecule has 1 aromatic carbocycles. The van der Waals surface area contributed by atoms with Crippen molar-refractivity contribution in [2.75, 3.05) is 23.5 Å². The van der Waals surface area contributed by atoms with E-state index in [2.05, 4.69) is 22.0 Å². The van der Waals surface area contributed by atoms with Gasteiger partial charge in [0.25, 0.3) is 0 Å². The van der Waals surface area contributed by atoms with Crippen LogP contribution in [0.3, 0.4) is 0 Å². The summed E-state index contributed by atoms with van der Waals surface area (Å²) in [5.41, 5.74) is 2.05. The molecule has 2 aliphatic heterocycles. The van der Waals surface area contributed by atoms with Crippen LogP contribution in [-0.4, -0.2) is 47.2 Å². The Hall–Kier alpha value is -1.34. The van der Waals surface area contributed by atoms with Crippen LogP contribution in [0.2, 0.25) is 0 Å². The van der Waals surface area contributed by atoms with E-state index in [0.717, 1.165) is 60.0 Å². The highest BCUT2D eigenvalue weighted by atomic mass is 79.9. The smallest absolute Gasteiger partial charge is 0.250 e. The summed E-state index contributed by atoms with van der Waals surface area (Å²) < 4.78 is 0.999. The number of carbonyl (C=O) groups excluding carboxylic acids is 3. The number of aryl methyl sites for hydroxylation is 1. The minimum Gasteiger partial charge on any atom is -0.310 e. The number of imide groups is 1. The number of likely N-dealkylation sites (tertiary alicyclic amines) is 1. The number of nitrogens with zero attached hydrogens (tertiary/aromatic N) is 2. The highest BCUT2D eigenvalue weighted by Crippen LogP contribution is 2.40. The van der Waals surface area contributed by atoms with Crippen molar-refractivity contribution in [1.29, 1.82) is 0 Å². The van der Waals surface area contributed by atoms with Gasteiger partial charge in [-0.15, -0.1) is 0 Å². The summed E-state index contributed by atoms with van der Waals surface area (Å²) in [6, 6.07) is 5.28. The average molecular weight is 479 g/mol. The van der Waals surface area contributed by atoms with Crippen LogP contribution in [0.25, 0.3) is 0 Å². The third-order valence-corrected chi connectivity index (χ3v) is 7.63. The molecule has 0 spiro atoms. The summed E-state index contributed by atoms with van der Waals surface area (Å²) in [5, 5.41) is 0. The molecule has 29 heavy (non-hydrogen) atoms. The Labute approximate surface area is 184 Å². The lowest BCUT2D eigenvalue weighted by Crippen LogP contribution is -2.52. The minimum absolute atomic E-state index is 0.109. The molecular formula is C22H27BrN2O3S. The third kappa shape index (κ3) is 3.88. The first-order valence-electron chi connectivity index (χ1n) is 10.5.